The number of benzene rings is 1. The first-order valence-corrected chi connectivity index (χ1v) is 5.99. The van der Waals surface area contributed by atoms with Gasteiger partial charge in [-0.25, -0.2) is 0 Å². The third-order valence-electron chi connectivity index (χ3n) is 3.48. The summed E-state index contributed by atoms with van der Waals surface area (Å²) in [6.07, 6.45) is 1.77. The third kappa shape index (κ3) is 2.30. The van der Waals surface area contributed by atoms with Crippen LogP contribution in [-0.4, -0.2) is 24.3 Å². The first-order valence-electron chi connectivity index (χ1n) is 5.99. The van der Waals surface area contributed by atoms with Gasteiger partial charge in [0.25, 0.3) is 0 Å². The number of piperidine rings is 1. The number of hydrogen-bond acceptors (Lipinski definition) is 3. The standard InChI is InChI=1S/C13H20N2O/c1-2-10-9-15(8-7-13(10)16)12-5-3-11(14)4-6-12/h3-6,10,13,16H,2,7-9,14H2,1H3/t10-,13+/m0/s1. The predicted octanol–water partition coefficient (Wildman–Crippen LogP) is 1.87. The smallest absolute Gasteiger partial charge is 0.0602 e. The molecule has 0 unspecified atom stereocenters. The topological polar surface area (TPSA) is 49.5 Å². The molecule has 1 aliphatic rings. The second-order valence-corrected chi connectivity index (χ2v) is 4.56. The van der Waals surface area contributed by atoms with E-state index >= 15 is 0 Å². The molecule has 0 aliphatic carbocycles. The summed E-state index contributed by atoms with van der Waals surface area (Å²) in [5.74, 6) is 0.395. The van der Waals surface area contributed by atoms with E-state index in [0.717, 1.165) is 31.6 Å². The summed E-state index contributed by atoms with van der Waals surface area (Å²) in [5, 5.41) is 9.83. The summed E-state index contributed by atoms with van der Waals surface area (Å²) in [6, 6.07) is 7.97. The fraction of sp³-hybridized carbons (Fsp3) is 0.538. The molecule has 1 saturated heterocycles. The quantitative estimate of drug-likeness (QED) is 0.748. The monoisotopic (exact) mass is 220 g/mol. The van der Waals surface area contributed by atoms with Crippen LogP contribution in [0.25, 0.3) is 0 Å². The maximum Gasteiger partial charge on any atom is 0.0602 e. The van der Waals surface area contributed by atoms with Crippen LogP contribution in [0.4, 0.5) is 11.4 Å². The van der Waals surface area contributed by atoms with Crippen LogP contribution in [-0.2, 0) is 0 Å². The molecule has 0 radical (unpaired) electrons. The number of aliphatic hydroxyl groups excluding tert-OH is 1. The van der Waals surface area contributed by atoms with Gasteiger partial charge in [0.05, 0.1) is 6.10 Å². The average molecular weight is 220 g/mol. The number of rotatable bonds is 2. The van der Waals surface area contributed by atoms with E-state index < -0.39 is 0 Å². The van der Waals surface area contributed by atoms with Gasteiger partial charge in [0.15, 0.2) is 0 Å². The number of aliphatic hydroxyl groups is 1. The van der Waals surface area contributed by atoms with Crippen molar-refractivity contribution >= 4 is 11.4 Å². The number of anilines is 2. The van der Waals surface area contributed by atoms with Gasteiger partial charge in [-0.2, -0.15) is 0 Å². The maximum atomic E-state index is 9.83. The Morgan fingerprint density at radius 1 is 1.38 bits per heavy atom. The van der Waals surface area contributed by atoms with E-state index in [4.69, 9.17) is 5.73 Å². The van der Waals surface area contributed by atoms with Gasteiger partial charge >= 0.3 is 0 Å². The van der Waals surface area contributed by atoms with Gasteiger partial charge in [0.1, 0.15) is 0 Å². The number of nitrogens with two attached hydrogens (primary N) is 1. The molecule has 3 nitrogen and oxygen atoms in total. The lowest BCUT2D eigenvalue weighted by Gasteiger charge is -2.37. The van der Waals surface area contributed by atoms with Gasteiger partial charge in [-0.05, 0) is 37.1 Å². The molecule has 16 heavy (non-hydrogen) atoms. The number of hydrogen-bond donors (Lipinski definition) is 2. The molecule has 3 N–H and O–H groups in total. The van der Waals surface area contributed by atoms with Crippen LogP contribution in [0.3, 0.4) is 0 Å². The molecule has 2 rings (SSSR count). The second kappa shape index (κ2) is 4.74. The minimum Gasteiger partial charge on any atom is -0.399 e. The molecule has 0 aromatic heterocycles. The molecule has 0 bridgehead atoms. The third-order valence-corrected chi connectivity index (χ3v) is 3.48. The SMILES string of the molecule is CC[C@H]1CN(c2ccc(N)cc2)CC[C@H]1O. The first kappa shape index (κ1) is 11.3. The molecule has 1 heterocycles. The minimum atomic E-state index is -0.130. The van der Waals surface area contributed by atoms with E-state index in [0.29, 0.717) is 5.92 Å². The molecule has 1 fully saturated rings. The normalized spacial score (nSPS) is 25.8. The van der Waals surface area contributed by atoms with Crippen LogP contribution in [0, 0.1) is 5.92 Å². The molecule has 0 spiro atoms. The lowest BCUT2D eigenvalue weighted by atomic mass is 9.92. The van der Waals surface area contributed by atoms with Gasteiger partial charge < -0.3 is 15.7 Å². The van der Waals surface area contributed by atoms with Crippen LogP contribution in [0.5, 0.6) is 0 Å². The van der Waals surface area contributed by atoms with Crippen molar-refractivity contribution in [2.75, 3.05) is 23.7 Å². The fourth-order valence-electron chi connectivity index (χ4n) is 2.34. The van der Waals surface area contributed by atoms with Crippen LogP contribution < -0.4 is 10.6 Å². The van der Waals surface area contributed by atoms with E-state index in [-0.39, 0.29) is 6.10 Å². The summed E-state index contributed by atoms with van der Waals surface area (Å²) in [4.78, 5) is 2.33. The zero-order valence-corrected chi connectivity index (χ0v) is 9.76. The van der Waals surface area contributed by atoms with Crippen LogP contribution in [0.15, 0.2) is 24.3 Å². The van der Waals surface area contributed by atoms with Crippen molar-refractivity contribution in [3.05, 3.63) is 24.3 Å². The van der Waals surface area contributed by atoms with E-state index in [1.807, 2.05) is 12.1 Å². The zero-order valence-electron chi connectivity index (χ0n) is 9.76. The Bertz CT molecular complexity index is 336. The summed E-state index contributed by atoms with van der Waals surface area (Å²) in [5.41, 5.74) is 7.68. The highest BCUT2D eigenvalue weighted by Crippen LogP contribution is 2.25. The van der Waals surface area contributed by atoms with Crippen molar-refractivity contribution in [3.8, 4) is 0 Å². The summed E-state index contributed by atoms with van der Waals surface area (Å²) in [7, 11) is 0. The first-order chi connectivity index (χ1) is 7.70. The van der Waals surface area contributed by atoms with Crippen LogP contribution in [0.2, 0.25) is 0 Å². The molecule has 1 aromatic carbocycles. The van der Waals surface area contributed by atoms with E-state index in [1.165, 1.54) is 5.69 Å². The number of nitrogen functional groups attached to an aromatic ring is 1. The minimum absolute atomic E-state index is 0.130. The summed E-state index contributed by atoms with van der Waals surface area (Å²) >= 11 is 0. The molecule has 1 aromatic rings. The Hall–Kier alpha value is -1.22. The van der Waals surface area contributed by atoms with Crippen molar-refractivity contribution in [2.45, 2.75) is 25.9 Å². The summed E-state index contributed by atoms with van der Waals surface area (Å²) in [6.45, 7) is 4.02. The molecule has 88 valence electrons. The Morgan fingerprint density at radius 2 is 2.06 bits per heavy atom. The Morgan fingerprint density at radius 3 is 2.69 bits per heavy atom. The molecular formula is C13H20N2O. The lowest BCUT2D eigenvalue weighted by molar-refractivity contribution is 0.0860. The van der Waals surface area contributed by atoms with Gasteiger partial charge in [-0.3, -0.25) is 0 Å². The van der Waals surface area contributed by atoms with E-state index in [2.05, 4.69) is 24.0 Å². The largest absolute Gasteiger partial charge is 0.399 e. The zero-order chi connectivity index (χ0) is 11.5. The van der Waals surface area contributed by atoms with E-state index in [1.54, 1.807) is 0 Å². The molecular weight excluding hydrogens is 200 g/mol. The van der Waals surface area contributed by atoms with Gasteiger partial charge in [-0.1, -0.05) is 6.92 Å². The average Bonchev–Trinajstić information content (AvgIpc) is 2.31. The highest BCUT2D eigenvalue weighted by atomic mass is 16.3. The summed E-state index contributed by atoms with van der Waals surface area (Å²) < 4.78 is 0. The van der Waals surface area contributed by atoms with Crippen LogP contribution in [0.1, 0.15) is 19.8 Å². The highest BCUT2D eigenvalue weighted by Gasteiger charge is 2.26. The van der Waals surface area contributed by atoms with Crippen molar-refractivity contribution < 1.29 is 5.11 Å². The van der Waals surface area contributed by atoms with Gasteiger partial charge in [0.2, 0.25) is 0 Å². The van der Waals surface area contributed by atoms with Crippen molar-refractivity contribution in [2.24, 2.45) is 5.92 Å². The van der Waals surface area contributed by atoms with Crippen molar-refractivity contribution in [1.82, 2.24) is 0 Å². The van der Waals surface area contributed by atoms with Crippen LogP contribution >= 0.6 is 0 Å². The number of nitrogens with zero attached hydrogens (tertiary/aromatic N) is 1. The fourth-order valence-corrected chi connectivity index (χ4v) is 2.34. The van der Waals surface area contributed by atoms with Gasteiger partial charge in [0, 0.05) is 30.4 Å². The molecule has 0 amide bonds. The van der Waals surface area contributed by atoms with Crippen molar-refractivity contribution in [3.63, 3.8) is 0 Å². The molecule has 0 saturated carbocycles. The van der Waals surface area contributed by atoms with E-state index in [9.17, 15) is 5.11 Å². The maximum absolute atomic E-state index is 9.83. The van der Waals surface area contributed by atoms with Crippen molar-refractivity contribution in [1.29, 1.82) is 0 Å². The predicted molar refractivity (Wildman–Crippen MR) is 67.5 cm³/mol. The highest BCUT2D eigenvalue weighted by molar-refractivity contribution is 5.53. The second-order valence-electron chi connectivity index (χ2n) is 4.56. The Kier molecular flexibility index (Phi) is 3.34. The van der Waals surface area contributed by atoms with Gasteiger partial charge in [-0.15, -0.1) is 0 Å². The molecule has 1 aliphatic heterocycles. The molecule has 3 heteroatoms. The Balaban J connectivity index is 2.08. The lowest BCUT2D eigenvalue weighted by Crippen LogP contribution is -2.42. The Labute approximate surface area is 96.9 Å². The molecule has 2 atom stereocenters.